The number of nitrogens with two attached hydrogens (primary N) is 1. The summed E-state index contributed by atoms with van der Waals surface area (Å²) in [5.74, 6) is 0. The molecule has 0 saturated heterocycles. The van der Waals surface area contributed by atoms with E-state index in [2.05, 4.69) is 5.32 Å². The number of ether oxygens (including phenoxy) is 1. The first-order chi connectivity index (χ1) is 11.9. The Balaban J connectivity index is 1.86. The summed E-state index contributed by atoms with van der Waals surface area (Å²) in [4.78, 5) is 11.7. The average Bonchev–Trinajstić information content (AvgIpc) is 2.61. The molecule has 0 aliphatic heterocycles. The molecule has 6 nitrogen and oxygen atoms in total. The van der Waals surface area contributed by atoms with Crippen molar-refractivity contribution in [2.45, 2.75) is 25.7 Å². The molecule has 2 unspecified atom stereocenters. The molecule has 0 aliphatic rings. The highest BCUT2D eigenvalue weighted by Crippen LogP contribution is 2.29. The number of benzene rings is 2. The maximum absolute atomic E-state index is 11.7. The predicted molar refractivity (Wildman–Crippen MR) is 96.2 cm³/mol. The van der Waals surface area contributed by atoms with Gasteiger partial charge in [0.25, 0.3) is 0 Å². The van der Waals surface area contributed by atoms with Crippen molar-refractivity contribution in [1.82, 2.24) is 5.32 Å². The molecule has 0 heterocycles. The van der Waals surface area contributed by atoms with Crippen LogP contribution in [0.25, 0.3) is 0 Å². The van der Waals surface area contributed by atoms with Crippen molar-refractivity contribution >= 4 is 23.4 Å². The lowest BCUT2D eigenvalue weighted by atomic mass is 10.0. The van der Waals surface area contributed by atoms with E-state index in [1.54, 1.807) is 13.0 Å². The first-order valence-electron chi connectivity index (χ1n) is 7.74. The zero-order chi connectivity index (χ0) is 18.4. The minimum absolute atomic E-state index is 0.119. The Bertz CT molecular complexity index is 725. The van der Waals surface area contributed by atoms with E-state index in [9.17, 15) is 15.0 Å². The highest BCUT2D eigenvalue weighted by Gasteiger charge is 2.22. The second-order valence-electron chi connectivity index (χ2n) is 5.69. The third-order valence-corrected chi connectivity index (χ3v) is 4.06. The number of nitrogens with one attached hydrogen (secondary N) is 1. The van der Waals surface area contributed by atoms with Crippen molar-refractivity contribution < 1.29 is 19.7 Å². The highest BCUT2D eigenvalue weighted by molar-refractivity contribution is 6.31. The van der Waals surface area contributed by atoms with Gasteiger partial charge in [0.1, 0.15) is 18.8 Å². The summed E-state index contributed by atoms with van der Waals surface area (Å²) < 4.78 is 5.04. The van der Waals surface area contributed by atoms with Crippen molar-refractivity contribution in [3.63, 3.8) is 0 Å². The molecule has 0 saturated carbocycles. The average molecular weight is 365 g/mol. The van der Waals surface area contributed by atoms with E-state index in [1.165, 1.54) is 6.07 Å². The van der Waals surface area contributed by atoms with Crippen molar-refractivity contribution in [2.75, 3.05) is 12.3 Å². The number of carbonyl (C=O) groups excluding carboxylic acids is 1. The van der Waals surface area contributed by atoms with Gasteiger partial charge in [-0.05, 0) is 30.2 Å². The van der Waals surface area contributed by atoms with Gasteiger partial charge in [-0.25, -0.2) is 4.79 Å². The van der Waals surface area contributed by atoms with Crippen LogP contribution < -0.4 is 11.1 Å². The van der Waals surface area contributed by atoms with E-state index < -0.39 is 18.3 Å². The van der Waals surface area contributed by atoms with Gasteiger partial charge in [-0.1, -0.05) is 41.9 Å². The molecule has 5 N–H and O–H groups in total. The molecule has 25 heavy (non-hydrogen) atoms. The first kappa shape index (κ1) is 19.1. The smallest absolute Gasteiger partial charge is 0.407 e. The second-order valence-corrected chi connectivity index (χ2v) is 6.09. The van der Waals surface area contributed by atoms with E-state index in [0.717, 1.165) is 11.1 Å². The minimum atomic E-state index is -1.26. The quantitative estimate of drug-likeness (QED) is 0.589. The summed E-state index contributed by atoms with van der Waals surface area (Å²) in [6, 6.07) is 12.3. The van der Waals surface area contributed by atoms with Gasteiger partial charge in [-0.15, -0.1) is 0 Å². The van der Waals surface area contributed by atoms with Crippen LogP contribution in [-0.4, -0.2) is 29.0 Å². The number of aryl methyl sites for hydroxylation is 1. The Morgan fingerprint density at radius 3 is 2.64 bits per heavy atom. The number of rotatable bonds is 6. The molecular weight excluding hydrogens is 344 g/mol. The van der Waals surface area contributed by atoms with Crippen molar-refractivity contribution in [3.05, 3.63) is 64.2 Å². The summed E-state index contributed by atoms with van der Waals surface area (Å²) in [5, 5.41) is 23.0. The summed E-state index contributed by atoms with van der Waals surface area (Å²) >= 11 is 6.06. The summed E-state index contributed by atoms with van der Waals surface area (Å²) in [6.45, 7) is 1.70. The van der Waals surface area contributed by atoms with Crippen LogP contribution in [0.1, 0.15) is 22.8 Å². The molecular formula is C18H21ClN2O4. The normalized spacial score (nSPS) is 13.1. The van der Waals surface area contributed by atoms with E-state index in [4.69, 9.17) is 22.1 Å². The summed E-state index contributed by atoms with van der Waals surface area (Å²) in [7, 11) is 0. The predicted octanol–water partition coefficient (Wildman–Crippen LogP) is 2.55. The van der Waals surface area contributed by atoms with Crippen LogP contribution in [0.3, 0.4) is 0 Å². The van der Waals surface area contributed by atoms with Crippen LogP contribution in [0.2, 0.25) is 5.02 Å². The van der Waals surface area contributed by atoms with Crippen LogP contribution in [0.4, 0.5) is 10.5 Å². The van der Waals surface area contributed by atoms with Crippen LogP contribution in [0.5, 0.6) is 0 Å². The molecule has 2 aromatic carbocycles. The number of anilines is 1. The van der Waals surface area contributed by atoms with Gasteiger partial charge in [-0.3, -0.25) is 0 Å². The number of hydrogen-bond acceptors (Lipinski definition) is 5. The molecule has 0 fully saturated rings. The van der Waals surface area contributed by atoms with E-state index in [1.807, 2.05) is 30.3 Å². The van der Waals surface area contributed by atoms with Gasteiger partial charge in [0.2, 0.25) is 0 Å². The Morgan fingerprint density at radius 2 is 1.96 bits per heavy atom. The molecule has 1 amide bonds. The van der Waals surface area contributed by atoms with Crippen LogP contribution >= 0.6 is 11.6 Å². The third-order valence-electron chi connectivity index (χ3n) is 3.74. The largest absolute Gasteiger partial charge is 0.445 e. The number of hydrogen-bond donors (Lipinski definition) is 4. The maximum Gasteiger partial charge on any atom is 0.407 e. The minimum Gasteiger partial charge on any atom is -0.445 e. The number of amides is 1. The van der Waals surface area contributed by atoms with Gasteiger partial charge in [0.05, 0.1) is 0 Å². The lowest BCUT2D eigenvalue weighted by molar-refractivity contribution is 0.0184. The number of carbonyl (C=O) groups is 1. The zero-order valence-corrected chi connectivity index (χ0v) is 14.5. The molecule has 2 atom stereocenters. The number of halogens is 1. The number of aliphatic hydroxyl groups is 2. The Hall–Kier alpha value is -2.28. The molecule has 0 bridgehead atoms. The lowest BCUT2D eigenvalue weighted by Gasteiger charge is -2.20. The number of alkyl carbamates (subject to hydrolysis) is 1. The molecule has 2 aromatic rings. The standard InChI is InChI=1S/C18H21ClN2O4/c1-11-7-13(14(19)8-15(11)20)17(23)16(22)9-21-18(24)25-10-12-5-3-2-4-6-12/h2-8,16-17,22-23H,9-10,20H2,1H3,(H,21,24). The molecule has 0 radical (unpaired) electrons. The number of aliphatic hydroxyl groups excluding tert-OH is 2. The third kappa shape index (κ3) is 5.35. The van der Waals surface area contributed by atoms with Gasteiger partial charge < -0.3 is 26.0 Å². The Morgan fingerprint density at radius 1 is 1.28 bits per heavy atom. The van der Waals surface area contributed by atoms with Gasteiger partial charge in [0.15, 0.2) is 0 Å². The van der Waals surface area contributed by atoms with Crippen molar-refractivity contribution in [2.24, 2.45) is 0 Å². The summed E-state index contributed by atoms with van der Waals surface area (Å²) in [6.07, 6.45) is -3.19. The van der Waals surface area contributed by atoms with E-state index >= 15 is 0 Å². The van der Waals surface area contributed by atoms with E-state index in [-0.39, 0.29) is 18.2 Å². The maximum atomic E-state index is 11.7. The molecule has 0 aliphatic carbocycles. The van der Waals surface area contributed by atoms with Gasteiger partial charge in [-0.2, -0.15) is 0 Å². The fourth-order valence-electron chi connectivity index (χ4n) is 2.23. The van der Waals surface area contributed by atoms with Crippen LogP contribution in [0, 0.1) is 6.92 Å². The molecule has 0 aromatic heterocycles. The lowest BCUT2D eigenvalue weighted by Crippen LogP contribution is -2.35. The van der Waals surface area contributed by atoms with Gasteiger partial charge >= 0.3 is 6.09 Å². The monoisotopic (exact) mass is 364 g/mol. The Kier molecular flexibility index (Phi) is 6.64. The van der Waals surface area contributed by atoms with E-state index in [0.29, 0.717) is 11.3 Å². The summed E-state index contributed by atoms with van der Waals surface area (Å²) in [5.41, 5.74) is 8.18. The molecule has 0 spiro atoms. The Labute approximate surface area is 151 Å². The molecule has 2 rings (SSSR count). The van der Waals surface area contributed by atoms with Crippen molar-refractivity contribution in [3.8, 4) is 0 Å². The first-order valence-corrected chi connectivity index (χ1v) is 8.12. The highest BCUT2D eigenvalue weighted by atomic mass is 35.5. The fraction of sp³-hybridized carbons (Fsp3) is 0.278. The number of nitrogen functional groups attached to an aromatic ring is 1. The topological polar surface area (TPSA) is 105 Å². The molecule has 7 heteroatoms. The van der Waals surface area contributed by atoms with Crippen molar-refractivity contribution in [1.29, 1.82) is 0 Å². The second kappa shape index (κ2) is 8.71. The van der Waals surface area contributed by atoms with Crippen LogP contribution in [-0.2, 0) is 11.3 Å². The fourth-order valence-corrected chi connectivity index (χ4v) is 2.51. The van der Waals surface area contributed by atoms with Crippen LogP contribution in [0.15, 0.2) is 42.5 Å². The van der Waals surface area contributed by atoms with Gasteiger partial charge in [0, 0.05) is 22.8 Å². The zero-order valence-electron chi connectivity index (χ0n) is 13.8. The molecule has 134 valence electrons. The SMILES string of the molecule is Cc1cc(C(O)C(O)CNC(=O)OCc2ccccc2)c(Cl)cc1N.